The van der Waals surface area contributed by atoms with E-state index in [0.717, 1.165) is 12.1 Å². The molecular weight excluding hydrogens is 194 g/mol. The van der Waals surface area contributed by atoms with Crippen LogP contribution in [-0.2, 0) is 0 Å². The maximum Gasteiger partial charge on any atom is 0.0465 e. The maximum atomic E-state index is 4.03. The van der Waals surface area contributed by atoms with E-state index in [1.807, 2.05) is 6.92 Å². The van der Waals surface area contributed by atoms with E-state index in [0.29, 0.717) is 11.5 Å². The van der Waals surface area contributed by atoms with Crippen LogP contribution in [0, 0.1) is 5.41 Å². The summed E-state index contributed by atoms with van der Waals surface area (Å²) in [6, 6.07) is 0.400. The number of nitrogens with one attached hydrogen (secondary N) is 1. The first-order valence-corrected chi connectivity index (χ1v) is 6.30. The van der Waals surface area contributed by atoms with Gasteiger partial charge in [-0.2, -0.15) is 0 Å². The summed E-state index contributed by atoms with van der Waals surface area (Å²) in [7, 11) is 0. The van der Waals surface area contributed by atoms with E-state index in [1.165, 1.54) is 24.8 Å². The normalized spacial score (nSPS) is 13.3. The lowest BCUT2D eigenvalue weighted by Crippen LogP contribution is -2.27. The van der Waals surface area contributed by atoms with Gasteiger partial charge < -0.3 is 5.32 Å². The second-order valence-electron chi connectivity index (χ2n) is 6.13. The molecule has 16 heavy (non-hydrogen) atoms. The van der Waals surface area contributed by atoms with Gasteiger partial charge in [0.1, 0.15) is 0 Å². The molecule has 0 aromatic rings. The highest BCUT2D eigenvalue weighted by Crippen LogP contribution is 2.22. The van der Waals surface area contributed by atoms with Gasteiger partial charge in [-0.3, -0.25) is 0 Å². The number of hydrogen-bond acceptors (Lipinski definition) is 1. The summed E-state index contributed by atoms with van der Waals surface area (Å²) in [5.74, 6) is 0. The minimum atomic E-state index is 0.400. The van der Waals surface area contributed by atoms with Crippen LogP contribution >= 0.6 is 0 Å². The van der Waals surface area contributed by atoms with Crippen molar-refractivity contribution in [2.24, 2.45) is 5.41 Å². The van der Waals surface area contributed by atoms with Gasteiger partial charge in [0.05, 0.1) is 0 Å². The van der Waals surface area contributed by atoms with Crippen molar-refractivity contribution in [3.05, 3.63) is 24.4 Å². The van der Waals surface area contributed by atoms with E-state index in [2.05, 4.69) is 46.2 Å². The number of allylic oxidation sites excluding steroid dienone is 1. The van der Waals surface area contributed by atoms with Crippen LogP contribution in [0.2, 0.25) is 0 Å². The Morgan fingerprint density at radius 2 is 1.69 bits per heavy atom. The first-order chi connectivity index (χ1) is 7.22. The number of unbranched alkanes of at least 4 members (excludes halogenated alkanes) is 1. The number of hydrogen-bond donors (Lipinski definition) is 1. The smallest absolute Gasteiger partial charge is 0.0465 e. The van der Waals surface area contributed by atoms with Crippen LogP contribution in [-0.4, -0.2) is 6.04 Å². The zero-order valence-corrected chi connectivity index (χ0v) is 11.8. The van der Waals surface area contributed by atoms with Crippen LogP contribution in [0.15, 0.2) is 24.4 Å². The molecule has 0 aromatic carbocycles. The monoisotopic (exact) mass is 223 g/mol. The topological polar surface area (TPSA) is 12.0 Å². The Balaban J connectivity index is 3.86. The van der Waals surface area contributed by atoms with Gasteiger partial charge in [-0.25, -0.2) is 0 Å². The van der Waals surface area contributed by atoms with Crippen molar-refractivity contribution in [2.45, 2.75) is 66.3 Å². The molecule has 0 spiro atoms. The van der Waals surface area contributed by atoms with Crippen molar-refractivity contribution >= 4 is 0 Å². The van der Waals surface area contributed by atoms with Gasteiger partial charge in [-0.15, -0.1) is 0 Å². The van der Waals surface area contributed by atoms with Crippen LogP contribution in [0.4, 0.5) is 0 Å². The van der Waals surface area contributed by atoms with Crippen molar-refractivity contribution in [1.29, 1.82) is 0 Å². The molecule has 0 aromatic heterocycles. The Morgan fingerprint density at radius 1 is 1.12 bits per heavy atom. The van der Waals surface area contributed by atoms with Crippen molar-refractivity contribution in [1.82, 2.24) is 5.32 Å². The van der Waals surface area contributed by atoms with Gasteiger partial charge in [0.25, 0.3) is 0 Å². The van der Waals surface area contributed by atoms with Gasteiger partial charge in [0.2, 0.25) is 0 Å². The predicted molar refractivity (Wildman–Crippen MR) is 74.5 cm³/mol. The molecule has 0 saturated heterocycles. The zero-order valence-electron chi connectivity index (χ0n) is 11.8. The molecule has 94 valence electrons. The molecule has 0 fully saturated rings. The fourth-order valence-electron chi connectivity index (χ4n) is 1.74. The molecule has 1 nitrogen and oxygen atoms in total. The molecule has 0 rings (SSSR count). The lowest BCUT2D eigenvalue weighted by Gasteiger charge is -2.22. The van der Waals surface area contributed by atoms with Crippen LogP contribution < -0.4 is 5.32 Å². The Morgan fingerprint density at radius 3 is 2.06 bits per heavy atom. The summed E-state index contributed by atoms with van der Waals surface area (Å²) in [4.78, 5) is 0. The minimum absolute atomic E-state index is 0.400. The van der Waals surface area contributed by atoms with Crippen molar-refractivity contribution in [2.75, 3.05) is 0 Å². The third-order valence-corrected chi connectivity index (χ3v) is 2.69. The van der Waals surface area contributed by atoms with Gasteiger partial charge in [0.15, 0.2) is 0 Å². The fraction of sp³-hybridized carbons (Fsp3) is 0.733. The molecule has 0 aliphatic rings. The second-order valence-corrected chi connectivity index (χ2v) is 6.13. The summed E-state index contributed by atoms with van der Waals surface area (Å²) in [6.07, 6.45) is 5.02. The molecule has 1 unspecified atom stereocenters. The third kappa shape index (κ3) is 8.58. The highest BCUT2D eigenvalue weighted by atomic mass is 14.9. The molecule has 0 heterocycles. The van der Waals surface area contributed by atoms with E-state index in [4.69, 9.17) is 0 Å². The van der Waals surface area contributed by atoms with E-state index in [9.17, 15) is 0 Å². The lowest BCUT2D eigenvalue weighted by atomic mass is 9.89. The average Bonchev–Trinajstić information content (AvgIpc) is 2.07. The molecule has 1 N–H and O–H groups in total. The van der Waals surface area contributed by atoms with E-state index < -0.39 is 0 Å². The molecule has 0 aliphatic heterocycles. The summed E-state index contributed by atoms with van der Waals surface area (Å²) in [5.41, 5.74) is 2.70. The Bertz CT molecular complexity index is 232. The second kappa shape index (κ2) is 6.78. The zero-order chi connectivity index (χ0) is 12.8. The SMILES string of the molecule is C=C(C)NC(CCCCC(C)(C)C)C(=C)C. The Labute approximate surface area is 102 Å². The van der Waals surface area contributed by atoms with Gasteiger partial charge in [-0.1, -0.05) is 52.3 Å². The first kappa shape index (κ1) is 15.3. The molecule has 1 heteroatoms. The molecule has 1 atom stereocenters. The van der Waals surface area contributed by atoms with E-state index >= 15 is 0 Å². The first-order valence-electron chi connectivity index (χ1n) is 6.30. The van der Waals surface area contributed by atoms with E-state index in [1.54, 1.807) is 0 Å². The summed E-state index contributed by atoms with van der Waals surface area (Å²) >= 11 is 0. The highest BCUT2D eigenvalue weighted by Gasteiger charge is 2.11. The van der Waals surface area contributed by atoms with Crippen LogP contribution in [0.25, 0.3) is 0 Å². The maximum absolute atomic E-state index is 4.03. The molecule has 0 aliphatic carbocycles. The van der Waals surface area contributed by atoms with Crippen LogP contribution in [0.5, 0.6) is 0 Å². The molecule has 0 saturated carbocycles. The Hall–Kier alpha value is -0.720. The Kier molecular flexibility index (Phi) is 6.47. The van der Waals surface area contributed by atoms with Gasteiger partial charge in [-0.05, 0) is 32.1 Å². The summed E-state index contributed by atoms with van der Waals surface area (Å²) in [6.45, 7) is 18.9. The van der Waals surface area contributed by atoms with Gasteiger partial charge >= 0.3 is 0 Å². The van der Waals surface area contributed by atoms with Crippen molar-refractivity contribution < 1.29 is 0 Å². The predicted octanol–water partition coefficient (Wildman–Crippen LogP) is 4.66. The quantitative estimate of drug-likeness (QED) is 0.489. The number of rotatable bonds is 7. The van der Waals surface area contributed by atoms with Crippen molar-refractivity contribution in [3.8, 4) is 0 Å². The van der Waals surface area contributed by atoms with E-state index in [-0.39, 0.29) is 0 Å². The summed E-state index contributed by atoms with van der Waals surface area (Å²) < 4.78 is 0. The minimum Gasteiger partial charge on any atom is -0.383 e. The van der Waals surface area contributed by atoms with Crippen LogP contribution in [0.1, 0.15) is 60.3 Å². The third-order valence-electron chi connectivity index (χ3n) is 2.69. The van der Waals surface area contributed by atoms with Crippen LogP contribution in [0.3, 0.4) is 0 Å². The molecule has 0 radical (unpaired) electrons. The summed E-state index contributed by atoms with van der Waals surface area (Å²) in [5, 5.41) is 3.38. The largest absolute Gasteiger partial charge is 0.383 e. The van der Waals surface area contributed by atoms with Crippen molar-refractivity contribution in [3.63, 3.8) is 0 Å². The van der Waals surface area contributed by atoms with Gasteiger partial charge in [0, 0.05) is 11.7 Å². The molecular formula is C15H29N. The average molecular weight is 223 g/mol. The standard InChI is InChI=1S/C15H29N/c1-12(2)14(16-13(3)4)10-8-9-11-15(5,6)7/h14,16H,1,3,8-11H2,2,4-7H3. The molecule has 0 bridgehead atoms. The lowest BCUT2D eigenvalue weighted by molar-refractivity contribution is 0.354. The highest BCUT2D eigenvalue weighted by molar-refractivity contribution is 5.05. The molecule has 0 amide bonds. The fourth-order valence-corrected chi connectivity index (χ4v) is 1.74.